The van der Waals surface area contributed by atoms with Crippen LogP contribution in [0.1, 0.15) is 27.3 Å². The first-order valence-corrected chi connectivity index (χ1v) is 9.85. The molecule has 152 valence electrons. The van der Waals surface area contributed by atoms with Gasteiger partial charge < -0.3 is 10.2 Å². The van der Waals surface area contributed by atoms with Crippen LogP contribution >= 0.6 is 0 Å². The number of nitrogens with zero attached hydrogens (tertiary/aromatic N) is 4. The normalized spacial score (nSPS) is 14.6. The summed E-state index contributed by atoms with van der Waals surface area (Å²) in [5, 5.41) is 2.99. The summed E-state index contributed by atoms with van der Waals surface area (Å²) in [7, 11) is 0. The molecule has 0 saturated carbocycles. The molecule has 2 amide bonds. The molecule has 1 fully saturated rings. The SMILES string of the molecule is Cc1cnc(CNC(=O)C2(Cc3ccccc3)CN(C(=O)c3ccncc3)C2)cn1. The van der Waals surface area contributed by atoms with E-state index < -0.39 is 5.41 Å². The molecule has 0 unspecified atom stereocenters. The van der Waals surface area contributed by atoms with Crippen molar-refractivity contribution < 1.29 is 9.59 Å². The third-order valence-corrected chi connectivity index (χ3v) is 5.33. The first-order chi connectivity index (χ1) is 14.6. The predicted octanol–water partition coefficient (Wildman–Crippen LogP) is 2.18. The molecule has 4 rings (SSSR count). The van der Waals surface area contributed by atoms with Crippen molar-refractivity contribution in [3.8, 4) is 0 Å². The van der Waals surface area contributed by atoms with Gasteiger partial charge in [-0.25, -0.2) is 0 Å². The quantitative estimate of drug-likeness (QED) is 0.684. The van der Waals surface area contributed by atoms with Crippen LogP contribution in [-0.2, 0) is 17.8 Å². The van der Waals surface area contributed by atoms with Gasteiger partial charge in [-0.2, -0.15) is 0 Å². The highest BCUT2D eigenvalue weighted by molar-refractivity contribution is 5.96. The van der Waals surface area contributed by atoms with Gasteiger partial charge in [0.1, 0.15) is 0 Å². The molecular weight excluding hydrogens is 378 g/mol. The van der Waals surface area contributed by atoms with E-state index in [-0.39, 0.29) is 11.8 Å². The van der Waals surface area contributed by atoms with Crippen LogP contribution in [0.3, 0.4) is 0 Å². The maximum atomic E-state index is 13.2. The number of benzene rings is 1. The summed E-state index contributed by atoms with van der Waals surface area (Å²) >= 11 is 0. The van der Waals surface area contributed by atoms with Gasteiger partial charge in [-0.3, -0.25) is 24.5 Å². The number of aryl methyl sites for hydroxylation is 1. The third-order valence-electron chi connectivity index (χ3n) is 5.33. The molecule has 1 aromatic carbocycles. The van der Waals surface area contributed by atoms with Crippen molar-refractivity contribution >= 4 is 11.8 Å². The molecule has 1 aliphatic rings. The van der Waals surface area contributed by atoms with Crippen molar-refractivity contribution in [3.63, 3.8) is 0 Å². The van der Waals surface area contributed by atoms with Crippen LogP contribution in [0.2, 0.25) is 0 Å². The fraction of sp³-hybridized carbons (Fsp3) is 0.261. The molecule has 0 aliphatic carbocycles. The van der Waals surface area contributed by atoms with E-state index in [4.69, 9.17) is 0 Å². The largest absolute Gasteiger partial charge is 0.350 e. The number of rotatable bonds is 6. The summed E-state index contributed by atoms with van der Waals surface area (Å²) in [6.07, 6.45) is 7.11. The third kappa shape index (κ3) is 4.20. The van der Waals surface area contributed by atoms with Crippen LogP contribution < -0.4 is 5.32 Å². The molecule has 7 heteroatoms. The van der Waals surface area contributed by atoms with Crippen molar-refractivity contribution in [2.75, 3.05) is 13.1 Å². The number of aromatic nitrogens is 3. The second-order valence-electron chi connectivity index (χ2n) is 7.67. The molecular formula is C23H23N5O2. The Morgan fingerprint density at radius 2 is 1.77 bits per heavy atom. The fourth-order valence-corrected chi connectivity index (χ4v) is 3.70. The minimum atomic E-state index is -0.665. The van der Waals surface area contributed by atoms with Crippen molar-refractivity contribution in [2.24, 2.45) is 5.41 Å². The number of pyridine rings is 1. The van der Waals surface area contributed by atoms with Crippen molar-refractivity contribution in [2.45, 2.75) is 19.9 Å². The lowest BCUT2D eigenvalue weighted by Crippen LogP contribution is -2.65. The Morgan fingerprint density at radius 3 is 2.43 bits per heavy atom. The number of hydrogen-bond acceptors (Lipinski definition) is 5. The Bertz CT molecular complexity index is 1020. The van der Waals surface area contributed by atoms with Crippen molar-refractivity contribution in [1.82, 2.24) is 25.2 Å². The lowest BCUT2D eigenvalue weighted by Gasteiger charge is -2.49. The molecule has 0 bridgehead atoms. The van der Waals surface area contributed by atoms with E-state index in [9.17, 15) is 9.59 Å². The molecule has 0 radical (unpaired) electrons. The summed E-state index contributed by atoms with van der Waals surface area (Å²) in [6.45, 7) is 2.91. The second kappa shape index (κ2) is 8.41. The standard InChI is InChI=1S/C23H23N5O2/c1-17-12-26-20(13-25-17)14-27-22(30)23(11-18-5-3-2-4-6-18)15-28(16-23)21(29)19-7-9-24-10-8-19/h2-10,12-13H,11,14-16H2,1H3,(H,27,30). The molecule has 7 nitrogen and oxygen atoms in total. The molecule has 1 saturated heterocycles. The van der Waals surface area contributed by atoms with Gasteiger partial charge in [0.25, 0.3) is 5.91 Å². The Labute approximate surface area is 175 Å². The number of carbonyl (C=O) groups excluding carboxylic acids is 2. The van der Waals surface area contributed by atoms with Crippen LogP contribution in [0.15, 0.2) is 67.3 Å². The zero-order valence-electron chi connectivity index (χ0n) is 16.8. The first kappa shape index (κ1) is 19.7. The topological polar surface area (TPSA) is 88.1 Å². The van der Waals surface area contributed by atoms with E-state index in [1.54, 1.807) is 41.8 Å². The smallest absolute Gasteiger partial charge is 0.254 e. The van der Waals surface area contributed by atoms with Crippen LogP contribution in [-0.4, -0.2) is 44.8 Å². The monoisotopic (exact) mass is 401 g/mol. The Morgan fingerprint density at radius 1 is 1.03 bits per heavy atom. The van der Waals surface area contributed by atoms with Crippen LogP contribution in [0, 0.1) is 12.3 Å². The summed E-state index contributed by atoms with van der Waals surface area (Å²) in [5.41, 5.74) is 2.51. The van der Waals surface area contributed by atoms with E-state index in [1.807, 2.05) is 37.3 Å². The minimum Gasteiger partial charge on any atom is -0.350 e. The maximum Gasteiger partial charge on any atom is 0.254 e. The first-order valence-electron chi connectivity index (χ1n) is 9.85. The van der Waals surface area contributed by atoms with Gasteiger partial charge in [0.05, 0.1) is 29.5 Å². The lowest BCUT2D eigenvalue weighted by atomic mass is 9.73. The van der Waals surface area contributed by atoms with Gasteiger partial charge in [-0.1, -0.05) is 30.3 Å². The maximum absolute atomic E-state index is 13.2. The van der Waals surface area contributed by atoms with Gasteiger partial charge >= 0.3 is 0 Å². The molecule has 1 N–H and O–H groups in total. The van der Waals surface area contributed by atoms with Crippen LogP contribution in [0.5, 0.6) is 0 Å². The van der Waals surface area contributed by atoms with E-state index in [0.717, 1.165) is 11.3 Å². The molecule has 0 atom stereocenters. The average molecular weight is 401 g/mol. The van der Waals surface area contributed by atoms with Gasteiger partial charge in [0.2, 0.25) is 5.91 Å². The van der Waals surface area contributed by atoms with Crippen molar-refractivity contribution in [3.05, 3.63) is 89.8 Å². The molecule has 0 spiro atoms. The number of hydrogen-bond donors (Lipinski definition) is 1. The zero-order valence-corrected chi connectivity index (χ0v) is 16.8. The minimum absolute atomic E-state index is 0.0764. The van der Waals surface area contributed by atoms with E-state index >= 15 is 0 Å². The summed E-state index contributed by atoms with van der Waals surface area (Å²) < 4.78 is 0. The predicted molar refractivity (Wildman–Crippen MR) is 111 cm³/mol. The van der Waals surface area contributed by atoms with Crippen LogP contribution in [0.4, 0.5) is 0 Å². The number of likely N-dealkylation sites (tertiary alicyclic amines) is 1. The number of amides is 2. The highest BCUT2D eigenvalue weighted by Gasteiger charge is 2.50. The number of nitrogens with one attached hydrogen (secondary N) is 1. The van der Waals surface area contributed by atoms with Gasteiger partial charge in [-0.05, 0) is 31.0 Å². The van der Waals surface area contributed by atoms with Gasteiger partial charge in [0.15, 0.2) is 0 Å². The highest BCUT2D eigenvalue weighted by Crippen LogP contribution is 2.35. The molecule has 3 aromatic rings. The summed E-state index contributed by atoms with van der Waals surface area (Å²) in [6, 6.07) is 13.3. The lowest BCUT2D eigenvalue weighted by molar-refractivity contribution is -0.139. The molecule has 1 aliphatic heterocycles. The average Bonchev–Trinajstić information content (AvgIpc) is 2.76. The van der Waals surface area contributed by atoms with E-state index in [1.165, 1.54) is 0 Å². The Hall–Kier alpha value is -3.61. The second-order valence-corrected chi connectivity index (χ2v) is 7.67. The van der Waals surface area contributed by atoms with E-state index in [0.29, 0.717) is 37.3 Å². The Kier molecular flexibility index (Phi) is 5.52. The highest BCUT2D eigenvalue weighted by atomic mass is 16.2. The van der Waals surface area contributed by atoms with Gasteiger partial charge in [-0.15, -0.1) is 0 Å². The van der Waals surface area contributed by atoms with Crippen molar-refractivity contribution in [1.29, 1.82) is 0 Å². The van der Waals surface area contributed by atoms with Gasteiger partial charge in [0, 0.05) is 37.2 Å². The van der Waals surface area contributed by atoms with Crippen LogP contribution in [0.25, 0.3) is 0 Å². The number of carbonyl (C=O) groups is 2. The summed E-state index contributed by atoms with van der Waals surface area (Å²) in [4.78, 5) is 40.1. The van der Waals surface area contributed by atoms with E-state index in [2.05, 4.69) is 20.3 Å². The molecule has 3 heterocycles. The molecule has 30 heavy (non-hydrogen) atoms. The summed E-state index contributed by atoms with van der Waals surface area (Å²) in [5.74, 6) is -0.161. The zero-order chi connectivity index (χ0) is 21.0. The fourth-order valence-electron chi connectivity index (χ4n) is 3.70. The molecule has 2 aromatic heterocycles. The Balaban J connectivity index is 1.48.